The van der Waals surface area contributed by atoms with Crippen molar-refractivity contribution in [3.8, 4) is 5.75 Å². The van der Waals surface area contributed by atoms with E-state index in [0.29, 0.717) is 24.5 Å². The summed E-state index contributed by atoms with van der Waals surface area (Å²) in [4.78, 5) is 11.0. The molecule has 4 heteroatoms. The lowest BCUT2D eigenvalue weighted by atomic mass is 10.1. The molecule has 0 heterocycles. The van der Waals surface area contributed by atoms with E-state index in [4.69, 9.17) is 14.6 Å². The van der Waals surface area contributed by atoms with E-state index in [2.05, 4.69) is 0 Å². The van der Waals surface area contributed by atoms with Crippen molar-refractivity contribution in [2.45, 2.75) is 26.4 Å². The Labute approximate surface area is 101 Å². The van der Waals surface area contributed by atoms with Crippen LogP contribution in [0, 0.1) is 0 Å². The summed E-state index contributed by atoms with van der Waals surface area (Å²) in [5.74, 6) is -0.310. The summed E-state index contributed by atoms with van der Waals surface area (Å²) >= 11 is 0. The number of hydrogen-bond donors (Lipinski definition) is 1. The van der Waals surface area contributed by atoms with Gasteiger partial charge in [-0.15, -0.1) is 0 Å². The first-order valence-corrected chi connectivity index (χ1v) is 5.76. The van der Waals surface area contributed by atoms with Gasteiger partial charge in [0.25, 0.3) is 0 Å². The van der Waals surface area contributed by atoms with Crippen LogP contribution in [0.15, 0.2) is 24.3 Å². The molecule has 0 bridgehead atoms. The van der Waals surface area contributed by atoms with Crippen LogP contribution in [-0.4, -0.2) is 24.3 Å². The standard InChI is InChI=1S/C13H18O4/c1-3-8-17-11-7-5-6-10(9-11)12(13(14)15)16-4-2/h5-7,9,12H,3-4,8H2,1-2H3,(H,14,15). The van der Waals surface area contributed by atoms with Crippen molar-refractivity contribution in [1.82, 2.24) is 0 Å². The van der Waals surface area contributed by atoms with Gasteiger partial charge in [-0.25, -0.2) is 4.79 Å². The van der Waals surface area contributed by atoms with Crippen molar-refractivity contribution >= 4 is 5.97 Å². The minimum absolute atomic E-state index is 0.358. The van der Waals surface area contributed by atoms with Crippen LogP contribution in [0.5, 0.6) is 5.75 Å². The number of aliphatic carboxylic acids is 1. The molecule has 0 spiro atoms. The second-order valence-corrected chi connectivity index (χ2v) is 3.59. The van der Waals surface area contributed by atoms with Gasteiger partial charge in [-0.3, -0.25) is 0 Å². The van der Waals surface area contributed by atoms with Crippen LogP contribution in [0.3, 0.4) is 0 Å². The SMILES string of the molecule is CCCOc1cccc(C(OCC)C(=O)O)c1. The fraction of sp³-hybridized carbons (Fsp3) is 0.462. The minimum atomic E-state index is -0.987. The van der Waals surface area contributed by atoms with Crippen LogP contribution in [0.2, 0.25) is 0 Å². The summed E-state index contributed by atoms with van der Waals surface area (Å²) in [6.07, 6.45) is -0.0110. The van der Waals surface area contributed by atoms with E-state index >= 15 is 0 Å². The van der Waals surface area contributed by atoms with E-state index in [1.165, 1.54) is 0 Å². The Hall–Kier alpha value is -1.55. The molecule has 4 nitrogen and oxygen atoms in total. The first-order chi connectivity index (χ1) is 8.19. The van der Waals surface area contributed by atoms with Crippen molar-refractivity contribution < 1.29 is 19.4 Å². The van der Waals surface area contributed by atoms with E-state index in [0.717, 1.165) is 6.42 Å². The van der Waals surface area contributed by atoms with Crippen molar-refractivity contribution in [2.75, 3.05) is 13.2 Å². The van der Waals surface area contributed by atoms with Gasteiger partial charge in [0.2, 0.25) is 0 Å². The maximum Gasteiger partial charge on any atom is 0.337 e. The Morgan fingerprint density at radius 2 is 2.18 bits per heavy atom. The van der Waals surface area contributed by atoms with Gasteiger partial charge in [-0.05, 0) is 31.0 Å². The van der Waals surface area contributed by atoms with E-state index < -0.39 is 12.1 Å². The Morgan fingerprint density at radius 1 is 1.41 bits per heavy atom. The summed E-state index contributed by atoms with van der Waals surface area (Å²) in [5.41, 5.74) is 0.605. The first-order valence-electron chi connectivity index (χ1n) is 5.76. The maximum absolute atomic E-state index is 11.0. The Kier molecular flexibility index (Phi) is 5.49. The van der Waals surface area contributed by atoms with Gasteiger partial charge >= 0.3 is 5.97 Å². The van der Waals surface area contributed by atoms with Gasteiger partial charge in [-0.1, -0.05) is 19.1 Å². The van der Waals surface area contributed by atoms with Gasteiger partial charge in [0, 0.05) is 6.61 Å². The molecular formula is C13H18O4. The second-order valence-electron chi connectivity index (χ2n) is 3.59. The van der Waals surface area contributed by atoms with Crippen LogP contribution in [0.4, 0.5) is 0 Å². The fourth-order valence-electron chi connectivity index (χ4n) is 1.46. The van der Waals surface area contributed by atoms with Crippen LogP contribution < -0.4 is 4.74 Å². The lowest BCUT2D eigenvalue weighted by Crippen LogP contribution is -2.15. The Balaban J connectivity index is 2.83. The number of benzene rings is 1. The molecule has 1 atom stereocenters. The predicted molar refractivity (Wildman–Crippen MR) is 64.2 cm³/mol. The first kappa shape index (κ1) is 13.5. The quantitative estimate of drug-likeness (QED) is 0.793. The minimum Gasteiger partial charge on any atom is -0.494 e. The molecule has 1 aromatic rings. The summed E-state index contributed by atoms with van der Waals surface area (Å²) < 4.78 is 10.6. The second kappa shape index (κ2) is 6.91. The van der Waals surface area contributed by atoms with Crippen molar-refractivity contribution in [1.29, 1.82) is 0 Å². The van der Waals surface area contributed by atoms with E-state index in [-0.39, 0.29) is 0 Å². The Bertz CT molecular complexity index is 362. The zero-order valence-corrected chi connectivity index (χ0v) is 10.2. The zero-order valence-electron chi connectivity index (χ0n) is 10.2. The molecule has 1 N–H and O–H groups in total. The molecule has 0 fully saturated rings. The van der Waals surface area contributed by atoms with E-state index in [1.54, 1.807) is 25.1 Å². The summed E-state index contributed by atoms with van der Waals surface area (Å²) in [7, 11) is 0. The van der Waals surface area contributed by atoms with Crippen LogP contribution >= 0.6 is 0 Å². The molecule has 1 unspecified atom stereocenters. The lowest BCUT2D eigenvalue weighted by Gasteiger charge is -2.14. The molecule has 94 valence electrons. The maximum atomic E-state index is 11.0. The van der Waals surface area contributed by atoms with Gasteiger partial charge in [0.1, 0.15) is 5.75 Å². The molecule has 0 saturated carbocycles. The number of hydrogen-bond acceptors (Lipinski definition) is 3. The van der Waals surface area contributed by atoms with Crippen molar-refractivity contribution in [3.63, 3.8) is 0 Å². The summed E-state index contributed by atoms with van der Waals surface area (Å²) in [6.45, 7) is 4.77. The molecule has 0 aliphatic rings. The highest BCUT2D eigenvalue weighted by Gasteiger charge is 2.20. The fourth-order valence-corrected chi connectivity index (χ4v) is 1.46. The number of ether oxygens (including phenoxy) is 2. The molecule has 0 aromatic heterocycles. The summed E-state index contributed by atoms with van der Waals surface area (Å²) in [5, 5.41) is 9.06. The van der Waals surface area contributed by atoms with Crippen LogP contribution in [0.25, 0.3) is 0 Å². The molecule has 1 aromatic carbocycles. The van der Waals surface area contributed by atoms with Crippen molar-refractivity contribution in [3.05, 3.63) is 29.8 Å². The van der Waals surface area contributed by atoms with Gasteiger partial charge in [0.15, 0.2) is 6.10 Å². The molecular weight excluding hydrogens is 220 g/mol. The number of carboxylic acid groups (broad SMARTS) is 1. The molecule has 0 aliphatic heterocycles. The van der Waals surface area contributed by atoms with Gasteiger partial charge < -0.3 is 14.6 Å². The molecule has 0 saturated heterocycles. The van der Waals surface area contributed by atoms with E-state index in [9.17, 15) is 4.79 Å². The van der Waals surface area contributed by atoms with Crippen LogP contribution in [-0.2, 0) is 9.53 Å². The third-order valence-corrected chi connectivity index (χ3v) is 2.19. The largest absolute Gasteiger partial charge is 0.494 e. The van der Waals surface area contributed by atoms with Gasteiger partial charge in [-0.2, -0.15) is 0 Å². The lowest BCUT2D eigenvalue weighted by molar-refractivity contribution is -0.150. The molecule has 1 rings (SSSR count). The van der Waals surface area contributed by atoms with Gasteiger partial charge in [0.05, 0.1) is 6.61 Å². The monoisotopic (exact) mass is 238 g/mol. The summed E-state index contributed by atoms with van der Waals surface area (Å²) in [6, 6.07) is 7.02. The molecule has 17 heavy (non-hydrogen) atoms. The third-order valence-electron chi connectivity index (χ3n) is 2.19. The number of rotatable bonds is 7. The van der Waals surface area contributed by atoms with Crippen molar-refractivity contribution in [2.24, 2.45) is 0 Å². The molecule has 0 aliphatic carbocycles. The highest BCUT2D eigenvalue weighted by atomic mass is 16.5. The Morgan fingerprint density at radius 3 is 2.76 bits per heavy atom. The predicted octanol–water partition coefficient (Wildman–Crippen LogP) is 2.64. The molecule has 0 radical (unpaired) electrons. The number of carboxylic acids is 1. The number of carbonyl (C=O) groups is 1. The average molecular weight is 238 g/mol. The highest BCUT2D eigenvalue weighted by molar-refractivity contribution is 5.74. The van der Waals surface area contributed by atoms with E-state index in [1.807, 2.05) is 13.0 Å². The smallest absolute Gasteiger partial charge is 0.337 e. The molecule has 0 amide bonds. The van der Waals surface area contributed by atoms with Crippen LogP contribution in [0.1, 0.15) is 31.9 Å². The average Bonchev–Trinajstić information content (AvgIpc) is 2.33. The highest BCUT2D eigenvalue weighted by Crippen LogP contribution is 2.22. The zero-order chi connectivity index (χ0) is 12.7. The normalized spacial score (nSPS) is 12.1. The topological polar surface area (TPSA) is 55.8 Å². The third kappa shape index (κ3) is 4.07.